The summed E-state index contributed by atoms with van der Waals surface area (Å²) in [4.78, 5) is 13.8. The highest BCUT2D eigenvalue weighted by Crippen LogP contribution is 2.40. The number of rotatable bonds is 5. The molecule has 0 aromatic heterocycles. The third-order valence-electron chi connectivity index (χ3n) is 5.67. The van der Waals surface area contributed by atoms with E-state index in [0.717, 1.165) is 0 Å². The lowest BCUT2D eigenvalue weighted by molar-refractivity contribution is -0.345. The molecule has 0 spiro atoms. The van der Waals surface area contributed by atoms with Crippen molar-refractivity contribution in [2.75, 3.05) is 20.7 Å². The van der Waals surface area contributed by atoms with Gasteiger partial charge in [-0.2, -0.15) is 0 Å². The third kappa shape index (κ3) is 5.01. The second kappa shape index (κ2) is 7.95. The Balaban J connectivity index is 2.18. The molecule has 7 atom stereocenters. The van der Waals surface area contributed by atoms with Gasteiger partial charge in [0.05, 0.1) is 30.8 Å². The maximum atomic E-state index is 12.3. The van der Waals surface area contributed by atoms with Crippen LogP contribution >= 0.6 is 0 Å². The van der Waals surface area contributed by atoms with Crippen LogP contribution in [0.25, 0.3) is 0 Å². The molecule has 27 heavy (non-hydrogen) atoms. The van der Waals surface area contributed by atoms with Crippen LogP contribution in [0.3, 0.4) is 0 Å². The van der Waals surface area contributed by atoms with Gasteiger partial charge in [-0.3, -0.25) is 4.79 Å². The van der Waals surface area contributed by atoms with Gasteiger partial charge in [-0.25, -0.2) is 0 Å². The summed E-state index contributed by atoms with van der Waals surface area (Å²) in [6.45, 7) is 13.7. The zero-order valence-corrected chi connectivity index (χ0v) is 18.2. The molecule has 0 bridgehead atoms. The SMILES string of the molecule is C[C@H]([C@@H](O)[C@@H](C)C(=O)N(C)C)[C@H]1OC(C)(C)O[C@H]([C@H]2COC(C)(C)O2)[C@H]1C. The van der Waals surface area contributed by atoms with Crippen LogP contribution in [0.1, 0.15) is 48.5 Å². The van der Waals surface area contributed by atoms with E-state index in [9.17, 15) is 9.90 Å². The molecule has 0 aromatic carbocycles. The first-order chi connectivity index (χ1) is 12.3. The molecule has 2 aliphatic rings. The van der Waals surface area contributed by atoms with Crippen LogP contribution in [-0.4, -0.2) is 72.6 Å². The van der Waals surface area contributed by atoms with Crippen molar-refractivity contribution in [2.24, 2.45) is 17.8 Å². The Morgan fingerprint density at radius 1 is 1.07 bits per heavy atom. The Morgan fingerprint density at radius 3 is 2.15 bits per heavy atom. The molecule has 0 aromatic rings. The summed E-state index contributed by atoms with van der Waals surface area (Å²) in [6.07, 6.45) is -1.53. The van der Waals surface area contributed by atoms with E-state index in [1.54, 1.807) is 21.0 Å². The Kier molecular flexibility index (Phi) is 6.64. The summed E-state index contributed by atoms with van der Waals surface area (Å²) < 4.78 is 24.1. The molecule has 2 heterocycles. The summed E-state index contributed by atoms with van der Waals surface area (Å²) in [5.41, 5.74) is 0. The minimum atomic E-state index is -0.820. The van der Waals surface area contributed by atoms with Crippen LogP contribution in [-0.2, 0) is 23.7 Å². The number of hydrogen-bond donors (Lipinski definition) is 1. The molecule has 7 nitrogen and oxygen atoms in total. The van der Waals surface area contributed by atoms with Crippen molar-refractivity contribution in [3.8, 4) is 0 Å². The predicted molar refractivity (Wildman–Crippen MR) is 101 cm³/mol. The summed E-state index contributed by atoms with van der Waals surface area (Å²) >= 11 is 0. The topological polar surface area (TPSA) is 77.5 Å². The zero-order chi connectivity index (χ0) is 20.7. The Bertz CT molecular complexity index is 535. The van der Waals surface area contributed by atoms with Gasteiger partial charge < -0.3 is 29.0 Å². The fourth-order valence-corrected chi connectivity index (χ4v) is 4.17. The van der Waals surface area contributed by atoms with Gasteiger partial charge in [0.1, 0.15) is 6.10 Å². The van der Waals surface area contributed by atoms with Crippen LogP contribution in [0.4, 0.5) is 0 Å². The van der Waals surface area contributed by atoms with Crippen molar-refractivity contribution in [3.63, 3.8) is 0 Å². The van der Waals surface area contributed by atoms with Gasteiger partial charge in [-0.05, 0) is 27.7 Å². The van der Waals surface area contributed by atoms with Crippen LogP contribution in [0.15, 0.2) is 0 Å². The second-order valence-electron chi connectivity index (χ2n) is 9.16. The first-order valence-corrected chi connectivity index (χ1v) is 9.82. The van der Waals surface area contributed by atoms with E-state index in [-0.39, 0.29) is 36.1 Å². The highest BCUT2D eigenvalue weighted by atomic mass is 16.8. The van der Waals surface area contributed by atoms with E-state index >= 15 is 0 Å². The van der Waals surface area contributed by atoms with Crippen LogP contribution in [0.5, 0.6) is 0 Å². The molecule has 0 radical (unpaired) electrons. The molecule has 2 aliphatic heterocycles. The number of aliphatic hydroxyl groups excluding tert-OH is 1. The van der Waals surface area contributed by atoms with Gasteiger partial charge >= 0.3 is 0 Å². The largest absolute Gasteiger partial charge is 0.392 e. The predicted octanol–water partition coefficient (Wildman–Crippen LogP) is 2.02. The molecule has 158 valence electrons. The molecular formula is C20H37NO6. The smallest absolute Gasteiger partial charge is 0.227 e. The van der Waals surface area contributed by atoms with Crippen molar-refractivity contribution in [3.05, 3.63) is 0 Å². The van der Waals surface area contributed by atoms with E-state index in [2.05, 4.69) is 0 Å². The minimum absolute atomic E-state index is 0.0353. The molecule has 7 heteroatoms. The molecule has 1 N–H and O–H groups in total. The number of amides is 1. The number of aliphatic hydroxyl groups is 1. The van der Waals surface area contributed by atoms with E-state index in [0.29, 0.717) is 6.61 Å². The number of carbonyl (C=O) groups excluding carboxylic acids is 1. The van der Waals surface area contributed by atoms with Crippen molar-refractivity contribution in [1.82, 2.24) is 4.90 Å². The summed E-state index contributed by atoms with van der Waals surface area (Å²) in [5.74, 6) is -2.35. The van der Waals surface area contributed by atoms with E-state index < -0.39 is 23.6 Å². The summed E-state index contributed by atoms with van der Waals surface area (Å²) in [7, 11) is 3.39. The highest BCUT2D eigenvalue weighted by Gasteiger charge is 2.51. The van der Waals surface area contributed by atoms with E-state index in [1.165, 1.54) is 4.90 Å². The fraction of sp³-hybridized carbons (Fsp3) is 0.950. The average molecular weight is 388 g/mol. The first-order valence-electron chi connectivity index (χ1n) is 9.82. The monoisotopic (exact) mass is 387 g/mol. The number of hydrogen-bond acceptors (Lipinski definition) is 6. The van der Waals surface area contributed by atoms with Crippen LogP contribution in [0.2, 0.25) is 0 Å². The zero-order valence-electron chi connectivity index (χ0n) is 18.2. The Hall–Kier alpha value is -0.730. The van der Waals surface area contributed by atoms with Gasteiger partial charge in [0.2, 0.25) is 5.91 Å². The lowest BCUT2D eigenvalue weighted by Crippen LogP contribution is -2.58. The lowest BCUT2D eigenvalue weighted by Gasteiger charge is -2.49. The van der Waals surface area contributed by atoms with Crippen molar-refractivity contribution < 1.29 is 28.8 Å². The normalized spacial score (nSPS) is 36.1. The summed E-state index contributed by atoms with van der Waals surface area (Å²) in [6, 6.07) is 0. The number of ether oxygens (including phenoxy) is 4. The van der Waals surface area contributed by atoms with Gasteiger partial charge in [0, 0.05) is 25.9 Å². The molecular weight excluding hydrogens is 350 g/mol. The van der Waals surface area contributed by atoms with Crippen molar-refractivity contribution in [1.29, 1.82) is 0 Å². The van der Waals surface area contributed by atoms with Crippen molar-refractivity contribution >= 4 is 5.91 Å². The van der Waals surface area contributed by atoms with Crippen LogP contribution < -0.4 is 0 Å². The molecule has 2 fully saturated rings. The molecule has 2 rings (SSSR count). The molecule has 0 saturated carbocycles. The molecule has 0 unspecified atom stereocenters. The van der Waals surface area contributed by atoms with Gasteiger partial charge in [-0.15, -0.1) is 0 Å². The minimum Gasteiger partial charge on any atom is -0.392 e. The maximum Gasteiger partial charge on any atom is 0.227 e. The quantitative estimate of drug-likeness (QED) is 0.778. The molecule has 2 saturated heterocycles. The van der Waals surface area contributed by atoms with Crippen LogP contribution in [0, 0.1) is 17.8 Å². The fourth-order valence-electron chi connectivity index (χ4n) is 4.17. The van der Waals surface area contributed by atoms with E-state index in [4.69, 9.17) is 18.9 Å². The number of nitrogens with zero attached hydrogens (tertiary/aromatic N) is 1. The van der Waals surface area contributed by atoms with Crippen molar-refractivity contribution in [2.45, 2.75) is 84.5 Å². The Labute approximate surface area is 163 Å². The third-order valence-corrected chi connectivity index (χ3v) is 5.67. The number of carbonyl (C=O) groups is 1. The average Bonchev–Trinajstić information content (AvgIpc) is 2.93. The van der Waals surface area contributed by atoms with Gasteiger partial charge in [0.15, 0.2) is 11.6 Å². The standard InChI is InChI=1S/C20H37NO6/c1-11(15(22)12(2)18(23)21(8)9)16-13(3)17(27-20(6,7)26-16)14-10-24-19(4,5)25-14/h11-17,22H,10H2,1-9H3/t11-,12-,13+,14-,15-,16-,17+/m1/s1. The van der Waals surface area contributed by atoms with Gasteiger partial charge in [-0.1, -0.05) is 20.8 Å². The highest BCUT2D eigenvalue weighted by molar-refractivity contribution is 5.78. The van der Waals surface area contributed by atoms with E-state index in [1.807, 2.05) is 41.5 Å². The van der Waals surface area contributed by atoms with Gasteiger partial charge in [0.25, 0.3) is 0 Å². The lowest BCUT2D eigenvalue weighted by atomic mass is 9.79. The molecule has 1 amide bonds. The maximum absolute atomic E-state index is 12.3. The summed E-state index contributed by atoms with van der Waals surface area (Å²) in [5, 5.41) is 10.9. The molecule has 0 aliphatic carbocycles. The Morgan fingerprint density at radius 2 is 1.67 bits per heavy atom. The second-order valence-corrected chi connectivity index (χ2v) is 9.16. The first kappa shape index (κ1) is 22.6.